The summed E-state index contributed by atoms with van der Waals surface area (Å²) >= 11 is 13.4. The first-order chi connectivity index (χ1) is 11.7. The molecule has 2 aliphatic rings. The lowest BCUT2D eigenvalue weighted by molar-refractivity contribution is -0.137. The number of phenols is 1. The van der Waals surface area contributed by atoms with Crippen LogP contribution in [0.3, 0.4) is 0 Å². The molecule has 1 aromatic carbocycles. The molecule has 7 heteroatoms. The number of imide groups is 1. The van der Waals surface area contributed by atoms with Crippen molar-refractivity contribution in [3.63, 3.8) is 0 Å². The molecule has 5 nitrogen and oxygen atoms in total. The largest absolute Gasteiger partial charge is 0.504 e. The van der Waals surface area contributed by atoms with E-state index in [2.05, 4.69) is 6.58 Å². The molecule has 1 aliphatic heterocycles. The third kappa shape index (κ3) is 2.15. The molecule has 1 saturated heterocycles. The van der Waals surface area contributed by atoms with Crippen LogP contribution in [-0.4, -0.2) is 45.7 Å². The molecule has 3 rings (SSSR count). The summed E-state index contributed by atoms with van der Waals surface area (Å²) < 4.78 is 5.15. The van der Waals surface area contributed by atoms with Crippen LogP contribution in [0.2, 0.25) is 0 Å². The minimum atomic E-state index is -1.69. The van der Waals surface area contributed by atoms with Crippen LogP contribution in [-0.2, 0) is 9.59 Å². The average molecular weight is 382 g/mol. The average Bonchev–Trinajstić information content (AvgIpc) is 2.74. The van der Waals surface area contributed by atoms with Gasteiger partial charge in [0.15, 0.2) is 21.2 Å². The van der Waals surface area contributed by atoms with Gasteiger partial charge in [-0.15, -0.1) is 23.2 Å². The van der Waals surface area contributed by atoms with Gasteiger partial charge in [-0.05, 0) is 29.7 Å². The molecule has 25 heavy (non-hydrogen) atoms. The van der Waals surface area contributed by atoms with E-state index in [1.165, 1.54) is 20.2 Å². The van der Waals surface area contributed by atoms with E-state index in [-0.39, 0.29) is 17.9 Å². The number of aromatic hydroxyl groups is 1. The van der Waals surface area contributed by atoms with Crippen molar-refractivity contribution in [3.05, 3.63) is 48.1 Å². The van der Waals surface area contributed by atoms with Gasteiger partial charge in [-0.25, -0.2) is 0 Å². The van der Waals surface area contributed by atoms with Crippen molar-refractivity contribution in [2.75, 3.05) is 14.2 Å². The van der Waals surface area contributed by atoms with Crippen molar-refractivity contribution in [3.8, 4) is 11.5 Å². The van der Waals surface area contributed by atoms with E-state index in [1.807, 2.05) is 0 Å². The lowest BCUT2D eigenvalue weighted by Gasteiger charge is -2.42. The van der Waals surface area contributed by atoms with Gasteiger partial charge in [0, 0.05) is 13.0 Å². The van der Waals surface area contributed by atoms with Gasteiger partial charge in [-0.1, -0.05) is 24.8 Å². The Morgan fingerprint density at radius 3 is 2.64 bits per heavy atom. The first-order valence-electron chi connectivity index (χ1n) is 7.62. The smallest absolute Gasteiger partial charge is 0.253 e. The number of likely N-dealkylation sites (tertiary alicyclic amines) is 1. The number of alkyl halides is 2. The van der Waals surface area contributed by atoms with Crippen LogP contribution in [0.25, 0.3) is 0 Å². The van der Waals surface area contributed by atoms with Crippen molar-refractivity contribution < 1.29 is 19.4 Å². The van der Waals surface area contributed by atoms with Gasteiger partial charge in [-0.3, -0.25) is 14.5 Å². The molecule has 1 fully saturated rings. The van der Waals surface area contributed by atoms with Crippen molar-refractivity contribution >= 4 is 35.0 Å². The fraction of sp³-hybridized carbons (Fsp3) is 0.333. The molecule has 132 valence electrons. The molecule has 1 heterocycles. The third-order valence-corrected chi connectivity index (χ3v) is 6.37. The normalized spacial score (nSPS) is 31.6. The van der Waals surface area contributed by atoms with E-state index in [9.17, 15) is 14.7 Å². The predicted octanol–water partition coefficient (Wildman–Crippen LogP) is 2.95. The quantitative estimate of drug-likeness (QED) is 0.645. The number of halogens is 2. The number of hydrogen-bond donors (Lipinski definition) is 1. The Balaban J connectivity index is 2.27. The standard InChI is InChI=1S/C18H17Cl2NO4/c1-4-10-7-8-17(19)15(23)21(2)16(24)18(17,20)14(10)11-5-6-12(22)13(9-11)25-3/h4-7,9,14,22H,1,8H2,2-3H3/t14-,17-,18+/m1/s1. The lowest BCUT2D eigenvalue weighted by atomic mass is 9.68. The minimum Gasteiger partial charge on any atom is -0.504 e. The highest BCUT2D eigenvalue weighted by molar-refractivity contribution is 6.53. The van der Waals surface area contributed by atoms with E-state index in [1.54, 1.807) is 24.3 Å². The number of hydrogen-bond acceptors (Lipinski definition) is 4. The highest BCUT2D eigenvalue weighted by atomic mass is 35.5. The number of rotatable bonds is 3. The summed E-state index contributed by atoms with van der Waals surface area (Å²) in [6, 6.07) is 4.66. The zero-order valence-corrected chi connectivity index (χ0v) is 15.3. The molecule has 0 aromatic heterocycles. The van der Waals surface area contributed by atoms with Crippen LogP contribution < -0.4 is 4.74 Å². The van der Waals surface area contributed by atoms with Crippen molar-refractivity contribution in [1.82, 2.24) is 4.90 Å². The van der Waals surface area contributed by atoms with Gasteiger partial charge in [0.05, 0.1) is 7.11 Å². The summed E-state index contributed by atoms with van der Waals surface area (Å²) in [5, 5.41) is 9.85. The number of carbonyl (C=O) groups excluding carboxylic acids is 2. The monoisotopic (exact) mass is 381 g/mol. The second-order valence-electron chi connectivity index (χ2n) is 6.16. The number of ether oxygens (including phenoxy) is 1. The molecule has 0 radical (unpaired) electrons. The van der Waals surface area contributed by atoms with Crippen LogP contribution >= 0.6 is 23.2 Å². The molecule has 3 atom stereocenters. The highest BCUT2D eigenvalue weighted by Crippen LogP contribution is 2.59. The van der Waals surface area contributed by atoms with Crippen LogP contribution in [0.4, 0.5) is 0 Å². The second-order valence-corrected chi connectivity index (χ2v) is 7.40. The topological polar surface area (TPSA) is 66.8 Å². The molecule has 1 aliphatic carbocycles. The highest BCUT2D eigenvalue weighted by Gasteiger charge is 2.72. The maximum atomic E-state index is 12.9. The van der Waals surface area contributed by atoms with Crippen LogP contribution in [0.1, 0.15) is 17.9 Å². The number of phenolic OH excluding ortho intramolecular Hbond substituents is 1. The Kier molecular flexibility index (Phi) is 4.12. The Hall–Kier alpha value is -1.98. The number of nitrogens with zero attached hydrogens (tertiary/aromatic N) is 1. The van der Waals surface area contributed by atoms with Gasteiger partial charge >= 0.3 is 0 Å². The molecular weight excluding hydrogens is 365 g/mol. The van der Waals surface area contributed by atoms with E-state index in [0.29, 0.717) is 11.1 Å². The number of allylic oxidation sites excluding steroid dienone is 3. The number of carbonyl (C=O) groups is 2. The summed E-state index contributed by atoms with van der Waals surface area (Å²) in [4.78, 5) is 23.2. The van der Waals surface area contributed by atoms with Crippen LogP contribution in [0.15, 0.2) is 42.5 Å². The SMILES string of the molecule is C=CC1=CC[C@@]2(Cl)C(=O)N(C)C(=O)[C@@]2(Cl)[C@H]1c1ccc(O)c(OC)c1. The summed E-state index contributed by atoms with van der Waals surface area (Å²) in [7, 11) is 2.80. The molecule has 0 saturated carbocycles. The van der Waals surface area contributed by atoms with Crippen molar-refractivity contribution in [2.24, 2.45) is 0 Å². The van der Waals surface area contributed by atoms with Gasteiger partial charge in [0.25, 0.3) is 11.8 Å². The molecule has 0 bridgehead atoms. The zero-order valence-electron chi connectivity index (χ0n) is 13.8. The summed E-state index contributed by atoms with van der Waals surface area (Å²) in [5.41, 5.74) is 1.28. The predicted molar refractivity (Wildman–Crippen MR) is 95.2 cm³/mol. The molecule has 1 N–H and O–H groups in total. The number of amides is 2. The fourth-order valence-electron chi connectivity index (χ4n) is 3.62. The fourth-order valence-corrected chi connectivity index (χ4v) is 4.55. The molecule has 2 amide bonds. The van der Waals surface area contributed by atoms with Gasteiger partial charge in [0.2, 0.25) is 0 Å². The maximum Gasteiger partial charge on any atom is 0.253 e. The first kappa shape index (κ1) is 17.8. The third-order valence-electron chi connectivity index (χ3n) is 4.96. The van der Waals surface area contributed by atoms with Crippen molar-refractivity contribution in [2.45, 2.75) is 22.1 Å². The lowest BCUT2D eigenvalue weighted by Crippen LogP contribution is -2.54. The summed E-state index contributed by atoms with van der Waals surface area (Å²) in [6.07, 6.45) is 3.50. The van der Waals surface area contributed by atoms with Crippen LogP contribution in [0, 0.1) is 0 Å². The first-order valence-corrected chi connectivity index (χ1v) is 8.37. The summed E-state index contributed by atoms with van der Waals surface area (Å²) in [5.74, 6) is -1.60. The molecular formula is C18H17Cl2NO4. The van der Waals surface area contributed by atoms with E-state index < -0.39 is 27.5 Å². The number of benzene rings is 1. The Morgan fingerprint density at radius 1 is 1.36 bits per heavy atom. The van der Waals surface area contributed by atoms with E-state index in [0.717, 1.165) is 4.90 Å². The van der Waals surface area contributed by atoms with Crippen LogP contribution in [0.5, 0.6) is 11.5 Å². The van der Waals surface area contributed by atoms with Crippen molar-refractivity contribution in [1.29, 1.82) is 0 Å². The molecule has 0 unspecified atom stereocenters. The van der Waals surface area contributed by atoms with E-state index >= 15 is 0 Å². The molecule has 0 spiro atoms. The van der Waals surface area contributed by atoms with E-state index in [4.69, 9.17) is 27.9 Å². The molecule has 1 aromatic rings. The van der Waals surface area contributed by atoms with Gasteiger partial charge in [-0.2, -0.15) is 0 Å². The Labute approximate surface area is 155 Å². The number of methoxy groups -OCH3 is 1. The zero-order chi connectivity index (χ0) is 18.6. The Morgan fingerprint density at radius 2 is 2.04 bits per heavy atom. The minimum absolute atomic E-state index is 0.0436. The second kappa shape index (κ2) is 5.78. The maximum absolute atomic E-state index is 12.9. The Bertz CT molecular complexity index is 821. The van der Waals surface area contributed by atoms with Gasteiger partial charge < -0.3 is 9.84 Å². The summed E-state index contributed by atoms with van der Waals surface area (Å²) in [6.45, 7) is 3.79. The van der Waals surface area contributed by atoms with Gasteiger partial charge in [0.1, 0.15) is 0 Å². The number of fused-ring (bicyclic) bond motifs is 1.